The molecule has 40 heavy (non-hydrogen) atoms. The number of hydrogen-bond acceptors (Lipinski definition) is 8. The molecule has 2 amide bonds. The second-order valence-corrected chi connectivity index (χ2v) is 12.5. The normalized spacial score (nSPS) is 18.8. The van der Waals surface area contributed by atoms with Gasteiger partial charge in [0.2, 0.25) is 12.0 Å². The minimum Gasteiger partial charge on any atom is -1.00 e. The Hall–Kier alpha value is -2.13. The van der Waals surface area contributed by atoms with Gasteiger partial charge in [-0.3, -0.25) is 14.5 Å². The molecule has 2 aliphatic rings. The zero-order valence-corrected chi connectivity index (χ0v) is 25.0. The number of carbonyl (C=O) groups excluding carboxylic acids is 2. The predicted molar refractivity (Wildman–Crippen MR) is 148 cm³/mol. The highest BCUT2D eigenvalue weighted by molar-refractivity contribution is 8.01. The number of halogens is 3. The van der Waals surface area contributed by atoms with Crippen LogP contribution in [0.25, 0.3) is 0 Å². The van der Waals surface area contributed by atoms with E-state index in [1.54, 1.807) is 42.7 Å². The molecule has 0 bridgehead atoms. The highest BCUT2D eigenvalue weighted by Gasteiger charge is 2.54. The Kier molecular flexibility index (Phi) is 11.5. The number of carboxylic acids is 2. The van der Waals surface area contributed by atoms with E-state index in [4.69, 9.17) is 28.3 Å². The van der Waals surface area contributed by atoms with Crippen LogP contribution in [0.1, 0.15) is 0 Å². The maximum atomic E-state index is 12.9. The van der Waals surface area contributed by atoms with Crippen molar-refractivity contribution >= 4 is 82.2 Å². The van der Waals surface area contributed by atoms with Crippen molar-refractivity contribution in [3.05, 3.63) is 64.0 Å². The van der Waals surface area contributed by atoms with Gasteiger partial charge < -0.3 is 33.0 Å². The lowest BCUT2D eigenvalue weighted by atomic mass is 10.0. The molecule has 1 aromatic carbocycles. The Morgan fingerprint density at radius 3 is 2.50 bits per heavy atom. The van der Waals surface area contributed by atoms with E-state index in [0.29, 0.717) is 32.0 Å². The van der Waals surface area contributed by atoms with Gasteiger partial charge in [0.15, 0.2) is 18.9 Å². The van der Waals surface area contributed by atoms with E-state index in [1.807, 2.05) is 0 Å². The van der Waals surface area contributed by atoms with Crippen molar-refractivity contribution in [1.82, 2.24) is 10.2 Å². The van der Waals surface area contributed by atoms with E-state index in [0.717, 1.165) is 4.90 Å². The quantitative estimate of drug-likeness (QED) is 0.139. The average Bonchev–Trinajstić information content (AvgIpc) is 2.91. The van der Waals surface area contributed by atoms with Crippen molar-refractivity contribution < 1.29 is 51.5 Å². The number of pyridine rings is 1. The molecule has 214 valence electrons. The number of aliphatic hydroxyl groups excluding tert-OH is 1. The molecule has 3 atom stereocenters. The number of hydrogen-bond donors (Lipinski definition) is 4. The third kappa shape index (κ3) is 7.58. The van der Waals surface area contributed by atoms with Crippen molar-refractivity contribution in [3.63, 3.8) is 0 Å². The third-order valence-electron chi connectivity index (χ3n) is 5.76. The van der Waals surface area contributed by atoms with Crippen molar-refractivity contribution in [1.29, 1.82) is 0 Å². The van der Waals surface area contributed by atoms with Crippen LogP contribution in [0, 0.1) is 0 Å². The SMILES string of the molecule is O=C(CSc1cc(Cl)ccc1Cl)N[C@@H]1C(=O)N2C(C(=O)O)=C(CSc3cc[n+](CC(O)C(=O)O)cc3)CSC12.[Cl-]. The molecular weight excluding hydrogens is 645 g/mol. The van der Waals surface area contributed by atoms with Gasteiger partial charge in [-0.25, -0.2) is 14.2 Å². The first kappa shape index (κ1) is 32.4. The number of nitrogens with one attached hydrogen (secondary N) is 1. The van der Waals surface area contributed by atoms with Gasteiger partial charge in [-0.1, -0.05) is 23.2 Å². The zero-order valence-electron chi connectivity index (χ0n) is 20.3. The number of amides is 2. The van der Waals surface area contributed by atoms with Crippen LogP contribution in [-0.2, 0) is 25.7 Å². The van der Waals surface area contributed by atoms with Gasteiger partial charge >= 0.3 is 11.9 Å². The minimum absolute atomic E-state index is 0. The number of rotatable bonds is 11. The van der Waals surface area contributed by atoms with Gasteiger partial charge in [0.1, 0.15) is 17.1 Å². The fourth-order valence-electron chi connectivity index (χ4n) is 3.85. The molecule has 1 fully saturated rings. The molecule has 0 aliphatic carbocycles. The monoisotopic (exact) mass is 665 g/mol. The molecule has 1 aromatic heterocycles. The highest BCUT2D eigenvalue weighted by atomic mass is 35.5. The van der Waals surface area contributed by atoms with Crippen LogP contribution < -0.4 is 22.3 Å². The van der Waals surface area contributed by atoms with Gasteiger partial charge in [-0.05, 0) is 23.8 Å². The number of carboxylic acid groups (broad SMARTS) is 2. The standard InChI is InChI=1S/C24H21Cl2N3O7S3.ClH/c25-13-1-2-15(26)17(7-13)38-11-18(31)27-19-21(32)29-20(24(35)36)12(10-39-22(19)29)9-37-14-3-5-28(6-4-14)8-16(30)23(33)34;/h1-7,16,19,22,30H,8-11H2,(H2-,27,31,33,34,35,36);1H/t16?,19-,22?;/m1./s1. The fraction of sp³-hybridized carbons (Fsp3) is 0.292. The van der Waals surface area contributed by atoms with E-state index in [2.05, 4.69) is 5.32 Å². The predicted octanol–water partition coefficient (Wildman–Crippen LogP) is -0.647. The van der Waals surface area contributed by atoms with Crippen LogP contribution >= 0.6 is 58.5 Å². The van der Waals surface area contributed by atoms with Crippen LogP contribution in [0.2, 0.25) is 10.0 Å². The van der Waals surface area contributed by atoms with Gasteiger partial charge in [0, 0.05) is 38.5 Å². The molecule has 0 radical (unpaired) electrons. The molecule has 4 rings (SSSR count). The number of benzene rings is 1. The summed E-state index contributed by atoms with van der Waals surface area (Å²) < 4.78 is 1.53. The molecule has 3 heterocycles. The summed E-state index contributed by atoms with van der Waals surface area (Å²) in [6.45, 7) is -0.103. The second kappa shape index (κ2) is 14.2. The second-order valence-electron chi connectivity index (χ2n) is 8.45. The van der Waals surface area contributed by atoms with Gasteiger partial charge in [0.05, 0.1) is 10.8 Å². The molecular formula is C24H22Cl3N3O7S3. The maximum absolute atomic E-state index is 12.9. The number of carbonyl (C=O) groups is 4. The summed E-state index contributed by atoms with van der Waals surface area (Å²) >= 11 is 16.0. The summed E-state index contributed by atoms with van der Waals surface area (Å²) in [7, 11) is 0. The highest BCUT2D eigenvalue weighted by Crippen LogP contribution is 2.41. The first-order valence-corrected chi connectivity index (χ1v) is 15.1. The number of aliphatic carboxylic acids is 2. The van der Waals surface area contributed by atoms with E-state index in [9.17, 15) is 29.4 Å². The largest absolute Gasteiger partial charge is 1.00 e. The smallest absolute Gasteiger partial charge is 0.352 e. The minimum atomic E-state index is -1.52. The molecule has 1 saturated heterocycles. The summed E-state index contributed by atoms with van der Waals surface area (Å²) in [5.41, 5.74) is 0.508. The maximum Gasteiger partial charge on any atom is 0.352 e. The van der Waals surface area contributed by atoms with Gasteiger partial charge in [-0.15, -0.1) is 35.3 Å². The lowest BCUT2D eigenvalue weighted by molar-refractivity contribution is -0.702. The number of β-lactam (4-membered cyclic amide) rings is 1. The third-order valence-corrected chi connectivity index (χ3v) is 9.93. The molecule has 2 aromatic rings. The fourth-order valence-corrected chi connectivity index (χ4v) is 7.52. The van der Waals surface area contributed by atoms with Crippen LogP contribution in [0.5, 0.6) is 0 Å². The number of aliphatic hydroxyl groups is 1. The molecule has 0 saturated carbocycles. The summed E-state index contributed by atoms with van der Waals surface area (Å²) in [5, 5.41) is 31.3. The zero-order chi connectivity index (χ0) is 28.3. The van der Waals surface area contributed by atoms with Crippen molar-refractivity contribution in [2.24, 2.45) is 0 Å². The van der Waals surface area contributed by atoms with Crippen molar-refractivity contribution in [3.8, 4) is 0 Å². The van der Waals surface area contributed by atoms with Gasteiger partial charge in [-0.2, -0.15) is 0 Å². The molecule has 4 N–H and O–H groups in total. The molecule has 2 unspecified atom stereocenters. The van der Waals surface area contributed by atoms with E-state index < -0.39 is 35.4 Å². The topological polar surface area (TPSA) is 148 Å². The van der Waals surface area contributed by atoms with E-state index in [-0.39, 0.29) is 36.3 Å². The average molecular weight is 667 g/mol. The Bertz CT molecular complexity index is 1350. The summed E-state index contributed by atoms with van der Waals surface area (Å²) in [4.78, 5) is 51.0. The Balaban J connectivity index is 0.00000441. The number of nitrogens with zero attached hydrogens (tertiary/aromatic N) is 2. The Morgan fingerprint density at radius 1 is 1.15 bits per heavy atom. The molecule has 2 aliphatic heterocycles. The van der Waals surface area contributed by atoms with Crippen molar-refractivity contribution in [2.45, 2.75) is 33.9 Å². The molecule has 0 spiro atoms. The Morgan fingerprint density at radius 2 is 1.85 bits per heavy atom. The first-order chi connectivity index (χ1) is 18.5. The van der Waals surface area contributed by atoms with Crippen LogP contribution in [-0.4, -0.2) is 78.8 Å². The Labute approximate surface area is 257 Å². The van der Waals surface area contributed by atoms with E-state index in [1.165, 1.54) is 44.8 Å². The van der Waals surface area contributed by atoms with Crippen molar-refractivity contribution in [2.75, 3.05) is 17.3 Å². The van der Waals surface area contributed by atoms with Gasteiger partial charge in [0.25, 0.3) is 5.91 Å². The van der Waals surface area contributed by atoms with Crippen LogP contribution in [0.3, 0.4) is 0 Å². The number of aromatic nitrogens is 1. The lowest BCUT2D eigenvalue weighted by Crippen LogP contribution is -3.00. The molecule has 10 nitrogen and oxygen atoms in total. The lowest BCUT2D eigenvalue weighted by Gasteiger charge is -2.49. The van der Waals surface area contributed by atoms with Crippen LogP contribution in [0.4, 0.5) is 0 Å². The molecule has 16 heteroatoms. The number of thioether (sulfide) groups is 3. The first-order valence-electron chi connectivity index (χ1n) is 11.3. The van der Waals surface area contributed by atoms with E-state index >= 15 is 0 Å². The summed E-state index contributed by atoms with van der Waals surface area (Å²) in [5.74, 6) is -2.68. The van der Waals surface area contributed by atoms with Crippen LogP contribution in [0.15, 0.2) is 63.8 Å². The summed E-state index contributed by atoms with van der Waals surface area (Å²) in [6, 6.07) is 7.56. The summed E-state index contributed by atoms with van der Waals surface area (Å²) in [6.07, 6.45) is 1.72. The number of fused-ring (bicyclic) bond motifs is 1.